The lowest BCUT2D eigenvalue weighted by Gasteiger charge is -2.50. The molecule has 0 N–H and O–H groups in total. The molecule has 2 aliphatic rings. The van der Waals surface area contributed by atoms with Crippen LogP contribution in [0.2, 0.25) is 0 Å². The summed E-state index contributed by atoms with van der Waals surface area (Å²) in [4.78, 5) is 15.5. The fourth-order valence-electron chi connectivity index (χ4n) is 9.58. The van der Waals surface area contributed by atoms with Crippen molar-refractivity contribution in [3.8, 4) is 51.4 Å². The summed E-state index contributed by atoms with van der Waals surface area (Å²) < 4.78 is 0. The third-order valence-corrected chi connectivity index (χ3v) is 11.5. The first kappa shape index (κ1) is 31.3. The number of fused-ring (bicyclic) bond motifs is 4. The van der Waals surface area contributed by atoms with Gasteiger partial charge in [-0.3, -0.25) is 0 Å². The van der Waals surface area contributed by atoms with Crippen molar-refractivity contribution in [2.24, 2.45) is 17.8 Å². The lowest BCUT2D eigenvalue weighted by Crippen LogP contribution is -2.42. The lowest BCUT2D eigenvalue weighted by atomic mass is 9.54. The zero-order chi connectivity index (χ0) is 34.5. The van der Waals surface area contributed by atoms with Gasteiger partial charge in [0.15, 0.2) is 17.5 Å². The molecule has 4 nitrogen and oxygen atoms in total. The molecule has 9 rings (SSSR count). The summed E-state index contributed by atoms with van der Waals surface area (Å²) in [6, 6.07) is 46.8. The van der Waals surface area contributed by atoms with Crippen LogP contribution >= 0.6 is 0 Å². The Morgan fingerprint density at radius 3 is 1.82 bits per heavy atom. The molecule has 4 atom stereocenters. The van der Waals surface area contributed by atoms with E-state index in [0.29, 0.717) is 23.0 Å². The highest BCUT2D eigenvalue weighted by Crippen LogP contribution is 2.54. The largest absolute Gasteiger partial charge is 0.208 e. The number of benzene rings is 6. The molecule has 7 aromatic rings. The second-order valence-electron chi connectivity index (χ2n) is 15.3. The number of hydrogen-bond acceptors (Lipinski definition) is 4. The van der Waals surface area contributed by atoms with E-state index >= 15 is 0 Å². The van der Waals surface area contributed by atoms with Gasteiger partial charge >= 0.3 is 0 Å². The van der Waals surface area contributed by atoms with Crippen LogP contribution in [0.25, 0.3) is 66.8 Å². The van der Waals surface area contributed by atoms with Crippen molar-refractivity contribution in [3.63, 3.8) is 0 Å². The zero-order valence-corrected chi connectivity index (χ0v) is 29.2. The molecule has 1 aromatic heterocycles. The van der Waals surface area contributed by atoms with Gasteiger partial charge in [-0.05, 0) is 118 Å². The monoisotopic (exact) mass is 660 g/mol. The minimum absolute atomic E-state index is 0.272. The van der Waals surface area contributed by atoms with Crippen LogP contribution in [0.4, 0.5) is 0 Å². The van der Waals surface area contributed by atoms with Crippen LogP contribution in [0.3, 0.4) is 0 Å². The maximum absolute atomic E-state index is 9.35. The smallest absolute Gasteiger partial charge is 0.164 e. The average molecular weight is 661 g/mol. The van der Waals surface area contributed by atoms with E-state index in [0.717, 1.165) is 61.7 Å². The van der Waals surface area contributed by atoms with Crippen molar-refractivity contribution in [1.29, 1.82) is 5.26 Å². The molecule has 0 saturated heterocycles. The van der Waals surface area contributed by atoms with Crippen LogP contribution in [-0.4, -0.2) is 15.0 Å². The summed E-state index contributed by atoms with van der Waals surface area (Å²) in [5, 5.41) is 13.9. The summed E-state index contributed by atoms with van der Waals surface area (Å²) in [5.74, 6) is 4.37. The van der Waals surface area contributed by atoms with Gasteiger partial charge < -0.3 is 0 Å². The molecule has 0 radical (unpaired) electrons. The normalized spacial score (nSPS) is 21.4. The zero-order valence-electron chi connectivity index (χ0n) is 29.2. The first-order valence-electron chi connectivity index (χ1n) is 18.3. The van der Waals surface area contributed by atoms with E-state index in [-0.39, 0.29) is 5.41 Å². The van der Waals surface area contributed by atoms with Gasteiger partial charge in [0.2, 0.25) is 0 Å². The van der Waals surface area contributed by atoms with Gasteiger partial charge in [-0.15, -0.1) is 0 Å². The van der Waals surface area contributed by atoms with Crippen molar-refractivity contribution < 1.29 is 0 Å². The quantitative estimate of drug-likeness (QED) is 0.184. The molecule has 2 saturated carbocycles. The first-order chi connectivity index (χ1) is 24.9. The van der Waals surface area contributed by atoms with Crippen molar-refractivity contribution in [2.45, 2.75) is 51.4 Å². The van der Waals surface area contributed by atoms with E-state index in [2.05, 4.69) is 123 Å². The highest BCUT2D eigenvalue weighted by molar-refractivity contribution is 6.04. The standard InChI is InChI=1S/C47H40N4/c1-30-23-33-24-31(2)27-47(26-30,28-33)39-19-17-36(18-20-39)44-49-45(38-16-15-34-7-3-4-8-37(34)25-38)51-46(50-44)43-22-21-40(41-9-5-6-10-42(41)43)35-13-11-32(29-48)12-14-35/h3-22,25,30-31,33H,23-24,26-28H2,1-2H3/t30-,31+,33?,47?. The molecule has 2 unspecified atom stereocenters. The van der Waals surface area contributed by atoms with Crippen LogP contribution in [0, 0.1) is 29.1 Å². The second-order valence-corrected chi connectivity index (χ2v) is 15.3. The number of rotatable bonds is 5. The summed E-state index contributed by atoms with van der Waals surface area (Å²) in [6.07, 6.45) is 6.62. The fourth-order valence-corrected chi connectivity index (χ4v) is 9.58. The molecule has 6 aromatic carbocycles. The highest BCUT2D eigenvalue weighted by Gasteiger charge is 2.45. The fraction of sp³-hybridized carbons (Fsp3) is 0.234. The van der Waals surface area contributed by atoms with E-state index < -0.39 is 0 Å². The van der Waals surface area contributed by atoms with Crippen LogP contribution in [-0.2, 0) is 5.41 Å². The Morgan fingerprint density at radius 1 is 0.549 bits per heavy atom. The van der Waals surface area contributed by atoms with Gasteiger partial charge in [0, 0.05) is 16.7 Å². The summed E-state index contributed by atoms with van der Waals surface area (Å²) >= 11 is 0. The molecule has 2 bridgehead atoms. The minimum atomic E-state index is 0.272. The van der Waals surface area contributed by atoms with Crippen molar-refractivity contribution in [2.75, 3.05) is 0 Å². The van der Waals surface area contributed by atoms with Crippen LogP contribution in [0.1, 0.15) is 57.1 Å². The van der Waals surface area contributed by atoms with Crippen LogP contribution in [0.5, 0.6) is 0 Å². The Bertz CT molecular complexity index is 2440. The first-order valence-corrected chi connectivity index (χ1v) is 18.3. The van der Waals surface area contributed by atoms with Gasteiger partial charge in [0.1, 0.15) is 0 Å². The molecule has 51 heavy (non-hydrogen) atoms. The van der Waals surface area contributed by atoms with E-state index in [1.54, 1.807) is 0 Å². The van der Waals surface area contributed by atoms with Gasteiger partial charge in [-0.25, -0.2) is 15.0 Å². The molecule has 4 heteroatoms. The van der Waals surface area contributed by atoms with E-state index in [1.165, 1.54) is 43.1 Å². The molecule has 0 amide bonds. The third kappa shape index (κ3) is 5.77. The number of hydrogen-bond donors (Lipinski definition) is 0. The van der Waals surface area contributed by atoms with E-state index in [4.69, 9.17) is 15.0 Å². The summed E-state index contributed by atoms with van der Waals surface area (Å²) in [7, 11) is 0. The van der Waals surface area contributed by atoms with Gasteiger partial charge in [-0.2, -0.15) is 5.26 Å². The Kier molecular flexibility index (Phi) is 7.73. The molecule has 0 spiro atoms. The Morgan fingerprint density at radius 2 is 1.12 bits per heavy atom. The third-order valence-electron chi connectivity index (χ3n) is 11.5. The molecule has 248 valence electrons. The topological polar surface area (TPSA) is 62.5 Å². The van der Waals surface area contributed by atoms with Gasteiger partial charge in [0.05, 0.1) is 11.6 Å². The Balaban J connectivity index is 1.18. The minimum Gasteiger partial charge on any atom is -0.208 e. The lowest BCUT2D eigenvalue weighted by molar-refractivity contribution is 0.0780. The molecule has 2 fully saturated rings. The molecular formula is C47H40N4. The highest BCUT2D eigenvalue weighted by atomic mass is 15.0. The average Bonchev–Trinajstić information content (AvgIpc) is 3.16. The predicted octanol–water partition coefficient (Wildman–Crippen LogP) is 11.8. The maximum atomic E-state index is 9.35. The SMILES string of the molecule is C[C@@H]1CC2C[C@H](C)CC(c3ccc(-c4nc(-c5ccc6ccccc6c5)nc(-c5ccc(-c6ccc(C#N)cc6)c6ccccc56)n4)cc3)(C2)C1. The molecule has 0 aliphatic heterocycles. The van der Waals surface area contributed by atoms with E-state index in [1.807, 2.05) is 24.3 Å². The maximum Gasteiger partial charge on any atom is 0.164 e. The van der Waals surface area contributed by atoms with Crippen molar-refractivity contribution >= 4 is 21.5 Å². The van der Waals surface area contributed by atoms with Gasteiger partial charge in [0.25, 0.3) is 0 Å². The van der Waals surface area contributed by atoms with Gasteiger partial charge in [-0.1, -0.05) is 117 Å². The summed E-state index contributed by atoms with van der Waals surface area (Å²) in [6.45, 7) is 4.90. The van der Waals surface area contributed by atoms with Crippen molar-refractivity contribution in [1.82, 2.24) is 15.0 Å². The number of nitriles is 1. The Labute approximate surface area is 299 Å². The molecule has 2 aliphatic carbocycles. The Hall–Kier alpha value is -5.66. The van der Waals surface area contributed by atoms with E-state index in [9.17, 15) is 5.26 Å². The predicted molar refractivity (Wildman–Crippen MR) is 208 cm³/mol. The van der Waals surface area contributed by atoms with Crippen LogP contribution in [0.15, 0.2) is 127 Å². The molecular weight excluding hydrogens is 621 g/mol. The second kappa shape index (κ2) is 12.6. The number of nitrogens with zero attached hydrogens (tertiary/aromatic N) is 4. The molecule has 1 heterocycles. The van der Waals surface area contributed by atoms with Crippen molar-refractivity contribution in [3.05, 3.63) is 139 Å². The van der Waals surface area contributed by atoms with Crippen LogP contribution < -0.4 is 0 Å². The number of aromatic nitrogens is 3. The summed E-state index contributed by atoms with van der Waals surface area (Å²) in [5.41, 5.74) is 7.50.